The predicted octanol–water partition coefficient (Wildman–Crippen LogP) is 12.7. The molecule has 2 saturated heterocycles. The maximum Gasteiger partial charge on any atom is 0.158 e. The first-order valence-electron chi connectivity index (χ1n) is 24.6. The third kappa shape index (κ3) is 14.7. The quantitative estimate of drug-likeness (QED) is 0.0799. The summed E-state index contributed by atoms with van der Waals surface area (Å²) in [6.45, 7) is 9.70. The average molecular weight is 1260 g/mol. The van der Waals surface area contributed by atoms with E-state index >= 15 is 0 Å². The van der Waals surface area contributed by atoms with Gasteiger partial charge in [0.25, 0.3) is 0 Å². The topological polar surface area (TPSA) is 256 Å². The lowest BCUT2D eigenvalue weighted by molar-refractivity contribution is 0.188. The standard InChI is InChI=1S/C22H30Cl2N6OS2.C18H22Cl2N6S.C9H5Cl3N4S/c1-21(2,3)33(31)29-15-5-4-7-22(15)8-11-30(12-9-22)16-13-27-20(19(25)28-16)32-14-6-10-26-18(24)17(14)23;19-14-11(3-7-23-15(14)20)27-17-16(22)25-13(10-24-17)26-8-5-18(6-9-26)4-1-2-12(18)21;10-5-3-15-9(8(13)16-5)17-4-1-2-14-7(12)6(4)11/h6,10,13,15,29H,4-5,7-9,11-12H2,1-3H3,(H2,25,28);3,7,10,12H,1-2,4-6,8-9,21H2,(H2,22,25);1-3H,(H2,13,16)/t15-,33-;12-;/m11./s1. The molecule has 2 aliphatic carbocycles. The summed E-state index contributed by atoms with van der Waals surface area (Å²) in [5, 5.41) is 3.81. The predicted molar refractivity (Wildman–Crippen MR) is 318 cm³/mol. The molecule has 28 heteroatoms. The number of rotatable bonds is 10. The van der Waals surface area contributed by atoms with Crippen molar-refractivity contribution >= 4 is 157 Å². The van der Waals surface area contributed by atoms with E-state index in [0.29, 0.717) is 64.2 Å². The van der Waals surface area contributed by atoms with Crippen LogP contribution in [0.4, 0.5) is 29.1 Å². The summed E-state index contributed by atoms with van der Waals surface area (Å²) >= 11 is 45.8. The number of hydrogen-bond donors (Lipinski definition) is 5. The average Bonchev–Trinajstić information content (AvgIpc) is 3.96. The molecular weight excluding hydrogens is 1210 g/mol. The van der Waals surface area contributed by atoms with Crippen molar-refractivity contribution in [2.75, 3.05) is 53.2 Å². The number of nitrogen functional groups attached to an aromatic ring is 3. The van der Waals surface area contributed by atoms with Crippen molar-refractivity contribution < 1.29 is 4.21 Å². The van der Waals surface area contributed by atoms with Gasteiger partial charge in [-0.25, -0.2) is 53.8 Å². The molecule has 2 saturated carbocycles. The maximum absolute atomic E-state index is 12.7. The smallest absolute Gasteiger partial charge is 0.158 e. The zero-order valence-corrected chi connectivity index (χ0v) is 50.7. The first-order valence-corrected chi connectivity index (χ1v) is 30.8. The van der Waals surface area contributed by atoms with Gasteiger partial charge in [0.1, 0.15) is 47.3 Å². The molecule has 9 N–H and O–H groups in total. The normalized spacial score (nSPS) is 19.2. The molecule has 0 amide bonds. The molecule has 412 valence electrons. The Bertz CT molecular complexity index is 3080. The first-order chi connectivity index (χ1) is 36.6. The molecule has 0 bridgehead atoms. The van der Waals surface area contributed by atoms with Crippen LogP contribution < -0.4 is 37.5 Å². The number of aromatic nitrogens is 9. The Kier molecular flexibility index (Phi) is 20.4. The van der Waals surface area contributed by atoms with Gasteiger partial charge in [0, 0.05) is 71.5 Å². The Balaban J connectivity index is 0.000000160. The summed E-state index contributed by atoms with van der Waals surface area (Å²) in [5.74, 6) is 2.59. The summed E-state index contributed by atoms with van der Waals surface area (Å²) in [6.07, 6.45) is 21.1. The van der Waals surface area contributed by atoms with Crippen LogP contribution in [0.5, 0.6) is 0 Å². The van der Waals surface area contributed by atoms with Crippen LogP contribution in [0, 0.1) is 10.8 Å². The Hall–Kier alpha value is -3.16. The zero-order chi connectivity index (χ0) is 55.2. The highest BCUT2D eigenvalue weighted by molar-refractivity contribution is 8.00. The highest BCUT2D eigenvalue weighted by atomic mass is 35.5. The summed E-state index contributed by atoms with van der Waals surface area (Å²) in [4.78, 5) is 44.7. The number of nitrogens with zero attached hydrogens (tertiary/aromatic N) is 11. The Morgan fingerprint density at radius 3 is 1.35 bits per heavy atom. The van der Waals surface area contributed by atoms with Crippen LogP contribution in [0.3, 0.4) is 0 Å². The minimum absolute atomic E-state index is 0.198. The molecule has 6 aromatic rings. The van der Waals surface area contributed by atoms with Gasteiger partial charge in [-0.15, -0.1) is 0 Å². The fourth-order valence-corrected chi connectivity index (χ4v) is 14.6. The van der Waals surface area contributed by atoms with Crippen molar-refractivity contribution in [2.24, 2.45) is 16.6 Å². The number of nitrogens with two attached hydrogens (primary N) is 4. The lowest BCUT2D eigenvalue weighted by Gasteiger charge is -2.44. The van der Waals surface area contributed by atoms with E-state index in [9.17, 15) is 4.21 Å². The molecule has 2 aliphatic heterocycles. The van der Waals surface area contributed by atoms with E-state index in [1.54, 1.807) is 49.2 Å². The monoisotopic (exact) mass is 1260 g/mol. The third-order valence-corrected chi connectivity index (χ3v) is 21.8. The minimum atomic E-state index is -1.05. The maximum atomic E-state index is 12.7. The van der Waals surface area contributed by atoms with Crippen molar-refractivity contribution in [3.63, 3.8) is 0 Å². The molecule has 4 aliphatic rings. The lowest BCUT2D eigenvalue weighted by Crippen LogP contribution is -2.51. The largest absolute Gasteiger partial charge is 0.381 e. The van der Waals surface area contributed by atoms with E-state index in [0.717, 1.165) is 86.1 Å². The highest BCUT2D eigenvalue weighted by Crippen LogP contribution is 2.49. The molecule has 8 heterocycles. The Morgan fingerprint density at radius 2 is 0.961 bits per heavy atom. The van der Waals surface area contributed by atoms with Crippen molar-refractivity contribution in [1.82, 2.24) is 49.6 Å². The van der Waals surface area contributed by atoms with Crippen LogP contribution in [-0.4, -0.2) is 92.1 Å². The summed E-state index contributed by atoms with van der Waals surface area (Å²) in [5.41, 5.74) is 25.0. The molecule has 2 spiro atoms. The van der Waals surface area contributed by atoms with Gasteiger partial charge in [-0.1, -0.05) is 129 Å². The lowest BCUT2D eigenvalue weighted by atomic mass is 9.74. The van der Waals surface area contributed by atoms with E-state index in [4.69, 9.17) is 104 Å². The van der Waals surface area contributed by atoms with Crippen molar-refractivity contribution in [3.05, 3.63) is 91.1 Å². The second kappa shape index (κ2) is 26.2. The minimum Gasteiger partial charge on any atom is -0.381 e. The number of halogens is 7. The van der Waals surface area contributed by atoms with Crippen LogP contribution in [0.15, 0.2) is 85.1 Å². The van der Waals surface area contributed by atoms with Crippen LogP contribution in [0.2, 0.25) is 35.7 Å². The number of hydrogen-bond acceptors (Lipinski definition) is 19. The third-order valence-electron chi connectivity index (χ3n) is 14.1. The van der Waals surface area contributed by atoms with Crippen LogP contribution in [-0.2, 0) is 11.0 Å². The van der Waals surface area contributed by atoms with Gasteiger partial charge in [0.05, 0.1) is 49.4 Å². The van der Waals surface area contributed by atoms with Crippen LogP contribution in [0.25, 0.3) is 0 Å². The molecule has 77 heavy (non-hydrogen) atoms. The second-order valence-electron chi connectivity index (χ2n) is 19.9. The van der Waals surface area contributed by atoms with E-state index in [1.807, 2.05) is 20.8 Å². The second-order valence-corrected chi connectivity index (χ2v) is 27.6. The molecule has 10 rings (SSSR count). The van der Waals surface area contributed by atoms with Crippen LogP contribution >= 0.6 is 116 Å². The molecule has 0 radical (unpaired) electrons. The SMILES string of the molecule is CC(C)(C)[S@@](=O)N[C@@H]1CCCC12CCN(c1cnc(Sc3ccnc(Cl)c3Cl)c(N)n1)CC2.Nc1nc(Cl)cnc1Sc1ccnc(Cl)c1Cl.Nc1nc(N2CCC3(CCC[C@H]3N)CC2)cnc1Sc1ccnc(Cl)c1Cl. The van der Waals surface area contributed by atoms with Gasteiger partial charge in [0.2, 0.25) is 0 Å². The number of nitrogens with one attached hydrogen (secondary N) is 1. The van der Waals surface area contributed by atoms with E-state index in [1.165, 1.54) is 67.2 Å². The molecule has 0 unspecified atom stereocenters. The van der Waals surface area contributed by atoms with Gasteiger partial charge < -0.3 is 32.7 Å². The summed E-state index contributed by atoms with van der Waals surface area (Å²) in [6, 6.07) is 5.91. The van der Waals surface area contributed by atoms with Crippen molar-refractivity contribution in [3.8, 4) is 0 Å². The van der Waals surface area contributed by atoms with E-state index < -0.39 is 11.0 Å². The number of piperidine rings is 2. The molecule has 3 atom stereocenters. The number of anilines is 5. The fraction of sp³-hybridized carbons (Fsp3) is 0.449. The van der Waals surface area contributed by atoms with Gasteiger partial charge >= 0.3 is 0 Å². The zero-order valence-electron chi connectivity index (χ0n) is 42.2. The van der Waals surface area contributed by atoms with Crippen molar-refractivity contribution in [1.29, 1.82) is 0 Å². The van der Waals surface area contributed by atoms with E-state index in [2.05, 4.69) is 59.4 Å². The number of pyridine rings is 3. The molecule has 4 fully saturated rings. The first kappa shape index (κ1) is 59.9. The summed E-state index contributed by atoms with van der Waals surface area (Å²) < 4.78 is 15.9. The molecule has 17 nitrogen and oxygen atoms in total. The van der Waals surface area contributed by atoms with Gasteiger partial charge in [-0.2, -0.15) is 0 Å². The highest BCUT2D eigenvalue weighted by Gasteiger charge is 2.46. The Morgan fingerprint density at radius 1 is 0.571 bits per heavy atom. The van der Waals surface area contributed by atoms with Crippen LogP contribution in [0.1, 0.15) is 85.0 Å². The van der Waals surface area contributed by atoms with Gasteiger partial charge in [-0.05, 0) is 101 Å². The molecule has 6 aromatic heterocycles. The molecule has 0 aromatic carbocycles. The summed E-state index contributed by atoms with van der Waals surface area (Å²) in [7, 11) is -1.05. The van der Waals surface area contributed by atoms with Gasteiger partial charge in [0.15, 0.2) is 17.5 Å². The fourth-order valence-electron chi connectivity index (χ4n) is 9.81. The Labute approximate surface area is 498 Å². The van der Waals surface area contributed by atoms with E-state index in [-0.39, 0.29) is 36.6 Å². The van der Waals surface area contributed by atoms with Gasteiger partial charge in [-0.3, -0.25) is 0 Å². The molecular formula is C49H57Cl7N16OS4. The van der Waals surface area contributed by atoms with Crippen molar-refractivity contribution in [2.45, 2.75) is 132 Å².